The number of halogens is 3. The van der Waals surface area contributed by atoms with Gasteiger partial charge in [-0.3, -0.25) is 4.79 Å². The lowest BCUT2D eigenvalue weighted by atomic mass is 10.1. The monoisotopic (exact) mass is 391 g/mol. The summed E-state index contributed by atoms with van der Waals surface area (Å²) >= 11 is 0. The molecular weight excluding hydrogens is 371 g/mol. The molecule has 2 aliphatic rings. The van der Waals surface area contributed by atoms with Crippen molar-refractivity contribution in [2.45, 2.75) is 38.0 Å². The van der Waals surface area contributed by atoms with Crippen molar-refractivity contribution in [3.8, 4) is 11.5 Å². The van der Waals surface area contributed by atoms with Crippen LogP contribution in [0.1, 0.15) is 40.7 Å². The Bertz CT molecular complexity index is 877. The number of nitrogens with zero attached hydrogens (tertiary/aromatic N) is 1. The van der Waals surface area contributed by atoms with E-state index >= 15 is 0 Å². The molecule has 0 radical (unpaired) electrons. The SMILES string of the molecule is O=C(c1ccc2c(c1)OCCCO2)N(Cc1ccccc1C(F)(F)F)C1CC1. The Labute approximate surface area is 160 Å². The van der Waals surface area contributed by atoms with E-state index in [0.29, 0.717) is 30.3 Å². The van der Waals surface area contributed by atoms with Gasteiger partial charge < -0.3 is 14.4 Å². The molecule has 4 nitrogen and oxygen atoms in total. The van der Waals surface area contributed by atoms with Crippen LogP contribution < -0.4 is 9.47 Å². The maximum absolute atomic E-state index is 13.3. The second-order valence-electron chi connectivity index (χ2n) is 7.03. The molecule has 148 valence electrons. The molecule has 0 aromatic heterocycles. The van der Waals surface area contributed by atoms with Crippen LogP contribution in [0.15, 0.2) is 42.5 Å². The summed E-state index contributed by atoms with van der Waals surface area (Å²) < 4.78 is 51.2. The molecule has 1 saturated carbocycles. The average Bonchev–Trinajstić information content (AvgIpc) is 3.51. The number of carbonyl (C=O) groups is 1. The van der Waals surface area contributed by atoms with E-state index in [1.54, 1.807) is 24.3 Å². The van der Waals surface area contributed by atoms with E-state index in [1.165, 1.54) is 17.0 Å². The predicted octanol–water partition coefficient (Wildman–Crippen LogP) is 4.67. The molecule has 0 bridgehead atoms. The molecule has 2 aromatic rings. The fourth-order valence-corrected chi connectivity index (χ4v) is 3.33. The Morgan fingerprint density at radius 1 is 1.04 bits per heavy atom. The maximum Gasteiger partial charge on any atom is 0.416 e. The van der Waals surface area contributed by atoms with E-state index in [-0.39, 0.29) is 24.1 Å². The smallest absolute Gasteiger partial charge is 0.416 e. The fourth-order valence-electron chi connectivity index (χ4n) is 3.33. The summed E-state index contributed by atoms with van der Waals surface area (Å²) in [5.74, 6) is 0.777. The molecule has 28 heavy (non-hydrogen) atoms. The van der Waals surface area contributed by atoms with Gasteiger partial charge in [0.1, 0.15) is 0 Å². The minimum Gasteiger partial charge on any atom is -0.490 e. The second kappa shape index (κ2) is 7.37. The van der Waals surface area contributed by atoms with Crippen LogP contribution >= 0.6 is 0 Å². The van der Waals surface area contributed by atoms with Gasteiger partial charge in [-0.2, -0.15) is 13.2 Å². The van der Waals surface area contributed by atoms with Crippen LogP contribution in [0.5, 0.6) is 11.5 Å². The number of alkyl halides is 3. The van der Waals surface area contributed by atoms with E-state index in [1.807, 2.05) is 0 Å². The van der Waals surface area contributed by atoms with Gasteiger partial charge >= 0.3 is 6.18 Å². The Hall–Kier alpha value is -2.70. The first-order valence-electron chi connectivity index (χ1n) is 9.29. The van der Waals surface area contributed by atoms with Gasteiger partial charge in [-0.15, -0.1) is 0 Å². The highest BCUT2D eigenvalue weighted by Gasteiger charge is 2.37. The van der Waals surface area contributed by atoms with Crippen LogP contribution in [0.3, 0.4) is 0 Å². The van der Waals surface area contributed by atoms with E-state index < -0.39 is 11.7 Å². The van der Waals surface area contributed by atoms with Gasteiger partial charge in [-0.05, 0) is 42.7 Å². The zero-order valence-electron chi connectivity index (χ0n) is 15.2. The molecule has 2 aromatic carbocycles. The van der Waals surface area contributed by atoms with Crippen molar-refractivity contribution in [3.05, 3.63) is 59.2 Å². The summed E-state index contributed by atoms with van der Waals surface area (Å²) in [6.07, 6.45) is -2.11. The lowest BCUT2D eigenvalue weighted by Gasteiger charge is -2.25. The van der Waals surface area contributed by atoms with Gasteiger partial charge in [-0.25, -0.2) is 0 Å². The Kier molecular flexibility index (Phi) is 4.91. The zero-order chi connectivity index (χ0) is 19.7. The van der Waals surface area contributed by atoms with Gasteiger partial charge in [-0.1, -0.05) is 18.2 Å². The van der Waals surface area contributed by atoms with Crippen molar-refractivity contribution in [1.29, 1.82) is 0 Å². The largest absolute Gasteiger partial charge is 0.490 e. The minimum atomic E-state index is -4.45. The number of hydrogen-bond acceptors (Lipinski definition) is 3. The number of amides is 1. The topological polar surface area (TPSA) is 38.8 Å². The second-order valence-corrected chi connectivity index (χ2v) is 7.03. The number of hydrogen-bond donors (Lipinski definition) is 0. The molecule has 1 aliphatic carbocycles. The van der Waals surface area contributed by atoms with Crippen LogP contribution in [0.2, 0.25) is 0 Å². The lowest BCUT2D eigenvalue weighted by Crippen LogP contribution is -2.33. The molecule has 1 heterocycles. The molecule has 1 aliphatic heterocycles. The van der Waals surface area contributed by atoms with E-state index in [4.69, 9.17) is 9.47 Å². The number of ether oxygens (including phenoxy) is 2. The van der Waals surface area contributed by atoms with Crippen molar-refractivity contribution >= 4 is 5.91 Å². The standard InChI is InChI=1S/C21H20F3NO3/c22-21(23,24)17-5-2-1-4-15(17)13-25(16-7-8-16)20(26)14-6-9-18-19(12-14)28-11-3-10-27-18/h1-2,4-6,9,12,16H,3,7-8,10-11,13H2. The van der Waals surface area contributed by atoms with Crippen molar-refractivity contribution < 1.29 is 27.4 Å². The highest BCUT2D eigenvalue weighted by Crippen LogP contribution is 2.36. The summed E-state index contributed by atoms with van der Waals surface area (Å²) in [5, 5.41) is 0. The number of rotatable bonds is 4. The molecule has 0 saturated heterocycles. The van der Waals surface area contributed by atoms with Crippen molar-refractivity contribution in [2.75, 3.05) is 13.2 Å². The molecule has 4 rings (SSSR count). The average molecular weight is 391 g/mol. The first-order valence-corrected chi connectivity index (χ1v) is 9.29. The molecule has 0 unspecified atom stereocenters. The summed E-state index contributed by atoms with van der Waals surface area (Å²) in [4.78, 5) is 14.6. The van der Waals surface area contributed by atoms with Crippen LogP contribution in [0.25, 0.3) is 0 Å². The van der Waals surface area contributed by atoms with Crippen LogP contribution in [-0.2, 0) is 12.7 Å². The molecule has 0 N–H and O–H groups in total. The quantitative estimate of drug-likeness (QED) is 0.760. The third kappa shape index (κ3) is 3.93. The summed E-state index contributed by atoms with van der Waals surface area (Å²) in [7, 11) is 0. The summed E-state index contributed by atoms with van der Waals surface area (Å²) in [6.45, 7) is 0.965. The fraction of sp³-hybridized carbons (Fsp3) is 0.381. The van der Waals surface area contributed by atoms with Gasteiger partial charge in [0.2, 0.25) is 0 Å². The van der Waals surface area contributed by atoms with Gasteiger partial charge in [0.05, 0.1) is 18.8 Å². The predicted molar refractivity (Wildman–Crippen MR) is 96.4 cm³/mol. The van der Waals surface area contributed by atoms with E-state index in [0.717, 1.165) is 25.3 Å². The van der Waals surface area contributed by atoms with Crippen LogP contribution in [0.4, 0.5) is 13.2 Å². The van der Waals surface area contributed by atoms with Gasteiger partial charge in [0.15, 0.2) is 11.5 Å². The third-order valence-electron chi connectivity index (χ3n) is 4.91. The van der Waals surface area contributed by atoms with Crippen LogP contribution in [0, 0.1) is 0 Å². The Morgan fingerprint density at radius 3 is 2.46 bits per heavy atom. The molecule has 1 fully saturated rings. The third-order valence-corrected chi connectivity index (χ3v) is 4.91. The maximum atomic E-state index is 13.3. The Balaban J connectivity index is 1.61. The first kappa shape index (κ1) is 18.7. The minimum absolute atomic E-state index is 0.0373. The highest BCUT2D eigenvalue weighted by atomic mass is 19.4. The molecular formula is C21H20F3NO3. The number of benzene rings is 2. The molecule has 0 spiro atoms. The zero-order valence-corrected chi connectivity index (χ0v) is 15.2. The normalized spacial score (nSPS) is 16.4. The van der Waals surface area contributed by atoms with Crippen LogP contribution in [-0.4, -0.2) is 30.1 Å². The van der Waals surface area contributed by atoms with Gasteiger partial charge in [0.25, 0.3) is 5.91 Å². The number of fused-ring (bicyclic) bond motifs is 1. The van der Waals surface area contributed by atoms with E-state index in [2.05, 4.69) is 0 Å². The summed E-state index contributed by atoms with van der Waals surface area (Å²) in [5.41, 5.74) is -0.211. The van der Waals surface area contributed by atoms with E-state index in [9.17, 15) is 18.0 Å². The summed E-state index contributed by atoms with van der Waals surface area (Å²) in [6, 6.07) is 10.3. The lowest BCUT2D eigenvalue weighted by molar-refractivity contribution is -0.138. The number of carbonyl (C=O) groups excluding carboxylic acids is 1. The van der Waals surface area contributed by atoms with Gasteiger partial charge in [0, 0.05) is 24.6 Å². The van der Waals surface area contributed by atoms with Crippen molar-refractivity contribution in [2.24, 2.45) is 0 Å². The van der Waals surface area contributed by atoms with Crippen molar-refractivity contribution in [3.63, 3.8) is 0 Å². The van der Waals surface area contributed by atoms with Crippen molar-refractivity contribution in [1.82, 2.24) is 4.90 Å². The Morgan fingerprint density at radius 2 is 1.75 bits per heavy atom. The molecule has 1 amide bonds. The molecule has 7 heteroatoms. The first-order chi connectivity index (χ1) is 13.4. The molecule has 0 atom stereocenters. The highest BCUT2D eigenvalue weighted by molar-refractivity contribution is 5.95.